The number of aliphatic hydroxyl groups is 2. The van der Waals surface area contributed by atoms with Crippen LogP contribution in [0.5, 0.6) is 0 Å². The average Bonchev–Trinajstić information content (AvgIpc) is 2.95. The Hall–Kier alpha value is -0.200. The molecule has 0 amide bonds. The first-order chi connectivity index (χ1) is 19.3. The normalized spacial score (nSPS) is 11.1. The molecule has 39 heavy (non-hydrogen) atoms. The van der Waals surface area contributed by atoms with Gasteiger partial charge in [0.2, 0.25) is 0 Å². The summed E-state index contributed by atoms with van der Waals surface area (Å²) in [7, 11) is 0. The van der Waals surface area contributed by atoms with E-state index >= 15 is 0 Å². The molecule has 0 aliphatic rings. The van der Waals surface area contributed by atoms with Crippen molar-refractivity contribution in [3.8, 4) is 0 Å². The molecule has 0 aromatic heterocycles. The zero-order valence-corrected chi connectivity index (χ0v) is 26.7. The third kappa shape index (κ3) is 45.0. The molecule has 5 heteroatoms. The minimum Gasteiger partial charge on any atom is -0.394 e. The lowest BCUT2D eigenvalue weighted by atomic mass is 10.1. The van der Waals surface area contributed by atoms with Crippen molar-refractivity contribution < 1.29 is 24.4 Å². The van der Waals surface area contributed by atoms with Gasteiger partial charge < -0.3 is 24.4 Å². The summed E-state index contributed by atoms with van der Waals surface area (Å²) in [5.74, 6) is 0. The highest BCUT2D eigenvalue weighted by atomic mass is 16.5. The standard InChI is InChI=1S/C28H58O.C6H14O4/c1-3-5-7-9-11-13-15-17-19-21-23-25-27-29-28-26-24-22-20-18-16-14-12-10-8-6-4-2;7-1-3-9-5-6-10-4-2-8/h3-28H2,1-2H3;7-8H,1-6H2. The van der Waals surface area contributed by atoms with E-state index in [4.69, 9.17) is 24.4 Å². The smallest absolute Gasteiger partial charge is 0.0701 e. The van der Waals surface area contributed by atoms with E-state index in [-0.39, 0.29) is 13.2 Å². The van der Waals surface area contributed by atoms with Crippen molar-refractivity contribution >= 4 is 0 Å². The number of unbranched alkanes of at least 4 members (excludes halogenated alkanes) is 22. The Morgan fingerprint density at radius 1 is 0.282 bits per heavy atom. The number of rotatable bonds is 33. The van der Waals surface area contributed by atoms with Gasteiger partial charge in [-0.15, -0.1) is 0 Å². The fourth-order valence-electron chi connectivity index (χ4n) is 4.64. The summed E-state index contributed by atoms with van der Waals surface area (Å²) in [5, 5.41) is 16.5. The van der Waals surface area contributed by atoms with Gasteiger partial charge >= 0.3 is 0 Å². The molecule has 0 aromatic rings. The van der Waals surface area contributed by atoms with E-state index in [1.54, 1.807) is 0 Å². The summed E-state index contributed by atoms with van der Waals surface area (Å²) >= 11 is 0. The molecule has 5 nitrogen and oxygen atoms in total. The zero-order chi connectivity index (χ0) is 28.7. The summed E-state index contributed by atoms with van der Waals surface area (Å²) in [4.78, 5) is 0. The first-order valence-corrected chi connectivity index (χ1v) is 17.3. The van der Waals surface area contributed by atoms with Gasteiger partial charge in [0.15, 0.2) is 0 Å². The molecule has 0 spiro atoms. The Labute approximate surface area is 245 Å². The van der Waals surface area contributed by atoms with Crippen LogP contribution in [0.2, 0.25) is 0 Å². The fourth-order valence-corrected chi connectivity index (χ4v) is 4.64. The second-order valence-corrected chi connectivity index (χ2v) is 11.1. The van der Waals surface area contributed by atoms with Gasteiger partial charge in [-0.25, -0.2) is 0 Å². The van der Waals surface area contributed by atoms with Crippen LogP contribution < -0.4 is 0 Å². The largest absolute Gasteiger partial charge is 0.394 e. The topological polar surface area (TPSA) is 68.2 Å². The van der Waals surface area contributed by atoms with Crippen molar-refractivity contribution in [1.29, 1.82) is 0 Å². The number of hydrogen-bond acceptors (Lipinski definition) is 5. The average molecular weight is 561 g/mol. The molecule has 0 aromatic carbocycles. The van der Waals surface area contributed by atoms with Crippen LogP contribution in [0.15, 0.2) is 0 Å². The second-order valence-electron chi connectivity index (χ2n) is 11.1. The van der Waals surface area contributed by atoms with Crippen molar-refractivity contribution in [3.63, 3.8) is 0 Å². The highest BCUT2D eigenvalue weighted by Crippen LogP contribution is 2.13. The maximum absolute atomic E-state index is 8.26. The van der Waals surface area contributed by atoms with Gasteiger partial charge in [-0.1, -0.05) is 155 Å². The molecular weight excluding hydrogens is 488 g/mol. The molecule has 0 fully saturated rings. The first-order valence-electron chi connectivity index (χ1n) is 17.3. The minimum absolute atomic E-state index is 0.0417. The van der Waals surface area contributed by atoms with Crippen LogP contribution in [0.4, 0.5) is 0 Å². The second kappa shape index (κ2) is 42.3. The monoisotopic (exact) mass is 561 g/mol. The van der Waals surface area contributed by atoms with Gasteiger partial charge in [0.05, 0.1) is 39.6 Å². The van der Waals surface area contributed by atoms with Crippen molar-refractivity contribution in [3.05, 3.63) is 0 Å². The van der Waals surface area contributed by atoms with Crippen molar-refractivity contribution in [2.75, 3.05) is 52.9 Å². The molecule has 238 valence electrons. The van der Waals surface area contributed by atoms with Crippen molar-refractivity contribution in [1.82, 2.24) is 0 Å². The van der Waals surface area contributed by atoms with E-state index in [9.17, 15) is 0 Å². The molecule has 0 saturated heterocycles. The van der Waals surface area contributed by atoms with Crippen LogP contribution in [0.1, 0.15) is 168 Å². The Morgan fingerprint density at radius 3 is 0.769 bits per heavy atom. The van der Waals surface area contributed by atoms with E-state index in [0.717, 1.165) is 13.2 Å². The van der Waals surface area contributed by atoms with Crippen LogP contribution in [0, 0.1) is 0 Å². The molecule has 2 N–H and O–H groups in total. The number of aliphatic hydroxyl groups excluding tert-OH is 2. The van der Waals surface area contributed by atoms with E-state index < -0.39 is 0 Å². The van der Waals surface area contributed by atoms with Gasteiger partial charge in [0.1, 0.15) is 0 Å². The predicted octanol–water partition coefficient (Wildman–Crippen LogP) is 9.41. The van der Waals surface area contributed by atoms with Crippen LogP contribution >= 0.6 is 0 Å². The van der Waals surface area contributed by atoms with Gasteiger partial charge in [0, 0.05) is 13.2 Å². The lowest BCUT2D eigenvalue weighted by Crippen LogP contribution is -2.09. The van der Waals surface area contributed by atoms with E-state index in [0.29, 0.717) is 26.4 Å². The zero-order valence-electron chi connectivity index (χ0n) is 26.7. The van der Waals surface area contributed by atoms with Crippen LogP contribution in [0.25, 0.3) is 0 Å². The fraction of sp³-hybridized carbons (Fsp3) is 1.00. The molecular formula is C34H72O5. The predicted molar refractivity (Wildman–Crippen MR) is 169 cm³/mol. The number of hydrogen-bond donors (Lipinski definition) is 2. The maximum Gasteiger partial charge on any atom is 0.0701 e. The third-order valence-electron chi connectivity index (χ3n) is 7.13. The van der Waals surface area contributed by atoms with E-state index in [1.165, 1.54) is 154 Å². The lowest BCUT2D eigenvalue weighted by Gasteiger charge is -2.05. The van der Waals surface area contributed by atoms with Crippen LogP contribution in [-0.4, -0.2) is 63.1 Å². The Kier molecular flexibility index (Phi) is 44.4. The van der Waals surface area contributed by atoms with Crippen LogP contribution in [0.3, 0.4) is 0 Å². The Balaban J connectivity index is 0. The summed E-state index contributed by atoms with van der Waals surface area (Å²) in [6, 6.07) is 0. The molecule has 0 radical (unpaired) electrons. The molecule has 0 unspecified atom stereocenters. The molecule has 0 aliphatic heterocycles. The first kappa shape index (κ1) is 40.9. The quantitative estimate of drug-likeness (QED) is 0.0782. The maximum atomic E-state index is 8.26. The van der Waals surface area contributed by atoms with Gasteiger partial charge in [-0.2, -0.15) is 0 Å². The molecule has 0 heterocycles. The number of ether oxygens (including phenoxy) is 3. The molecule has 0 bridgehead atoms. The summed E-state index contributed by atoms with van der Waals surface area (Å²) in [5.41, 5.74) is 0. The lowest BCUT2D eigenvalue weighted by molar-refractivity contribution is 0.0222. The van der Waals surface area contributed by atoms with Gasteiger partial charge in [-0.05, 0) is 12.8 Å². The van der Waals surface area contributed by atoms with Gasteiger partial charge in [0.25, 0.3) is 0 Å². The summed E-state index contributed by atoms with van der Waals surface area (Å²) in [6.07, 6.45) is 34.1. The van der Waals surface area contributed by atoms with Crippen molar-refractivity contribution in [2.45, 2.75) is 168 Å². The summed E-state index contributed by atoms with van der Waals surface area (Å²) in [6.45, 7) is 8.31. The van der Waals surface area contributed by atoms with E-state index in [2.05, 4.69) is 13.8 Å². The third-order valence-corrected chi connectivity index (χ3v) is 7.13. The van der Waals surface area contributed by atoms with Gasteiger partial charge in [-0.3, -0.25) is 0 Å². The molecule has 0 rings (SSSR count). The minimum atomic E-state index is 0.0417. The molecule has 0 aliphatic carbocycles. The van der Waals surface area contributed by atoms with Crippen molar-refractivity contribution in [2.24, 2.45) is 0 Å². The van der Waals surface area contributed by atoms with Crippen LogP contribution in [-0.2, 0) is 14.2 Å². The van der Waals surface area contributed by atoms with E-state index in [1.807, 2.05) is 0 Å². The highest BCUT2D eigenvalue weighted by molar-refractivity contribution is 4.50. The Bertz CT molecular complexity index is 347. The SMILES string of the molecule is CCCCCCCCCCCCCCOCCCCCCCCCCCCCC.OCCOCCOCCO. The molecule has 0 atom stereocenters. The molecule has 0 saturated carbocycles. The summed E-state index contributed by atoms with van der Waals surface area (Å²) < 4.78 is 15.6. The Morgan fingerprint density at radius 2 is 0.513 bits per heavy atom. The highest BCUT2D eigenvalue weighted by Gasteiger charge is 1.96.